The van der Waals surface area contributed by atoms with Gasteiger partial charge in [0, 0.05) is 29.9 Å². The van der Waals surface area contributed by atoms with Crippen LogP contribution in [0.25, 0.3) is 17.2 Å². The second kappa shape index (κ2) is 7.97. The molecule has 0 unspecified atom stereocenters. The maximum Gasteiger partial charge on any atom is 0.417 e. The number of hydrogen-bond acceptors (Lipinski definition) is 4. The summed E-state index contributed by atoms with van der Waals surface area (Å²) in [6.45, 7) is 0.967. The topological polar surface area (TPSA) is 95.4 Å². The van der Waals surface area contributed by atoms with E-state index in [1.807, 2.05) is 24.3 Å². The Labute approximate surface area is 171 Å². The molecule has 1 fully saturated rings. The molecule has 0 radical (unpaired) electrons. The molecule has 0 atom stereocenters. The zero-order valence-electron chi connectivity index (χ0n) is 15.4. The first-order valence-electron chi connectivity index (χ1n) is 9.16. The Kier molecular flexibility index (Phi) is 5.22. The van der Waals surface area contributed by atoms with Crippen molar-refractivity contribution in [2.45, 2.75) is 12.8 Å². The molecule has 2 aromatic carbocycles. The van der Waals surface area contributed by atoms with E-state index in [4.69, 9.17) is 16.0 Å². The minimum atomic E-state index is -0.715. The fraction of sp³-hybridized carbons (Fsp3) is 0.190. The van der Waals surface area contributed by atoms with Gasteiger partial charge < -0.3 is 14.6 Å². The number of benzene rings is 2. The number of anilines is 1. The molecular weight excluding hydrogens is 394 g/mol. The molecular formula is C21H18ClN3O4. The number of H-pyrrole nitrogens is 1. The van der Waals surface area contributed by atoms with E-state index in [1.165, 1.54) is 11.6 Å². The standard InChI is InChI=1S/C21H18ClN3O4/c22-15-3-1-13(2-4-15)11-14-7-9-25(10-8-14)20(27)19(26)23-16-5-6-17-18(12-16)29-21(28)24-17/h1-6,11-12H,7-10H2,(H,23,26)(H,24,28). The maximum atomic E-state index is 12.5. The SMILES string of the molecule is O=C(Nc1ccc2[nH]c(=O)oc2c1)C(=O)N1CCC(=Cc2ccc(Cl)cc2)CC1. The van der Waals surface area contributed by atoms with Gasteiger partial charge in [-0.05, 0) is 42.7 Å². The van der Waals surface area contributed by atoms with Gasteiger partial charge in [0.25, 0.3) is 0 Å². The van der Waals surface area contributed by atoms with E-state index in [9.17, 15) is 14.4 Å². The number of aromatic amines is 1. The number of carbonyl (C=O) groups excluding carboxylic acids is 2. The van der Waals surface area contributed by atoms with Crippen LogP contribution in [-0.2, 0) is 9.59 Å². The average molecular weight is 412 g/mol. The number of amides is 2. The van der Waals surface area contributed by atoms with Gasteiger partial charge in [0.05, 0.1) is 5.52 Å². The van der Waals surface area contributed by atoms with E-state index < -0.39 is 17.6 Å². The summed E-state index contributed by atoms with van der Waals surface area (Å²) in [6, 6.07) is 12.3. The van der Waals surface area contributed by atoms with Crippen molar-refractivity contribution in [2.75, 3.05) is 18.4 Å². The van der Waals surface area contributed by atoms with Crippen LogP contribution in [0.1, 0.15) is 18.4 Å². The molecule has 0 bridgehead atoms. The number of nitrogens with zero attached hydrogens (tertiary/aromatic N) is 1. The van der Waals surface area contributed by atoms with Gasteiger partial charge in [-0.1, -0.05) is 35.4 Å². The minimum Gasteiger partial charge on any atom is -0.408 e. The molecule has 29 heavy (non-hydrogen) atoms. The Morgan fingerprint density at radius 3 is 2.55 bits per heavy atom. The van der Waals surface area contributed by atoms with Crippen molar-refractivity contribution in [3.63, 3.8) is 0 Å². The fourth-order valence-corrected chi connectivity index (χ4v) is 3.41. The summed E-state index contributed by atoms with van der Waals surface area (Å²) in [5, 5.41) is 3.25. The van der Waals surface area contributed by atoms with Crippen molar-refractivity contribution < 1.29 is 14.0 Å². The van der Waals surface area contributed by atoms with Crippen molar-refractivity contribution in [1.82, 2.24) is 9.88 Å². The van der Waals surface area contributed by atoms with E-state index in [2.05, 4.69) is 16.4 Å². The molecule has 2 amide bonds. The number of aromatic nitrogens is 1. The molecule has 1 aromatic heterocycles. The summed E-state index contributed by atoms with van der Waals surface area (Å²) in [5.41, 5.74) is 3.52. The molecule has 148 valence electrons. The average Bonchev–Trinajstić information content (AvgIpc) is 3.09. The highest BCUT2D eigenvalue weighted by Crippen LogP contribution is 2.21. The molecule has 4 rings (SSSR count). The lowest BCUT2D eigenvalue weighted by Crippen LogP contribution is -2.42. The van der Waals surface area contributed by atoms with Gasteiger partial charge in [0.2, 0.25) is 0 Å². The normalized spacial score (nSPS) is 14.1. The maximum absolute atomic E-state index is 12.5. The Balaban J connectivity index is 1.36. The zero-order valence-corrected chi connectivity index (χ0v) is 16.2. The van der Waals surface area contributed by atoms with Gasteiger partial charge in [0.1, 0.15) is 0 Å². The lowest BCUT2D eigenvalue weighted by atomic mass is 10.0. The molecule has 2 N–H and O–H groups in total. The lowest BCUT2D eigenvalue weighted by molar-refractivity contribution is -0.143. The first kappa shape index (κ1) is 19.0. The van der Waals surface area contributed by atoms with Crippen LogP contribution in [0.4, 0.5) is 5.69 Å². The third kappa shape index (κ3) is 4.41. The predicted molar refractivity (Wildman–Crippen MR) is 111 cm³/mol. The quantitative estimate of drug-likeness (QED) is 0.631. The Bertz CT molecular complexity index is 1150. The first-order chi connectivity index (χ1) is 14.0. The van der Waals surface area contributed by atoms with Crippen LogP contribution in [-0.4, -0.2) is 34.8 Å². The second-order valence-corrected chi connectivity index (χ2v) is 7.26. The van der Waals surface area contributed by atoms with Crippen LogP contribution in [0, 0.1) is 0 Å². The molecule has 1 saturated heterocycles. The van der Waals surface area contributed by atoms with Gasteiger partial charge in [-0.25, -0.2) is 4.79 Å². The molecule has 8 heteroatoms. The Hall–Kier alpha value is -3.32. The van der Waals surface area contributed by atoms with Crippen LogP contribution >= 0.6 is 11.6 Å². The van der Waals surface area contributed by atoms with Gasteiger partial charge in [-0.2, -0.15) is 0 Å². The van der Waals surface area contributed by atoms with Crippen molar-refractivity contribution in [1.29, 1.82) is 0 Å². The molecule has 0 aliphatic carbocycles. The minimum absolute atomic E-state index is 0.315. The van der Waals surface area contributed by atoms with Gasteiger partial charge in [0.15, 0.2) is 5.58 Å². The molecule has 0 spiro atoms. The van der Waals surface area contributed by atoms with Crippen LogP contribution < -0.4 is 11.1 Å². The summed E-state index contributed by atoms with van der Waals surface area (Å²) < 4.78 is 4.96. The highest BCUT2D eigenvalue weighted by Gasteiger charge is 2.25. The number of hydrogen-bond donors (Lipinski definition) is 2. The zero-order chi connectivity index (χ0) is 20.4. The second-order valence-electron chi connectivity index (χ2n) is 6.83. The van der Waals surface area contributed by atoms with E-state index in [1.54, 1.807) is 17.0 Å². The van der Waals surface area contributed by atoms with Crippen LogP contribution in [0.3, 0.4) is 0 Å². The monoisotopic (exact) mass is 411 g/mol. The van der Waals surface area contributed by atoms with E-state index in [0.717, 1.165) is 5.56 Å². The molecule has 0 saturated carbocycles. The van der Waals surface area contributed by atoms with Crippen LogP contribution in [0.15, 0.2) is 57.2 Å². The summed E-state index contributed by atoms with van der Waals surface area (Å²) in [5.74, 6) is -1.87. The van der Waals surface area contributed by atoms with Gasteiger partial charge in [-0.15, -0.1) is 0 Å². The van der Waals surface area contributed by atoms with E-state index >= 15 is 0 Å². The number of fused-ring (bicyclic) bond motifs is 1. The summed E-state index contributed by atoms with van der Waals surface area (Å²) >= 11 is 5.90. The van der Waals surface area contributed by atoms with Crippen molar-refractivity contribution >= 4 is 46.3 Å². The summed E-state index contributed by atoms with van der Waals surface area (Å²) in [4.78, 5) is 40.1. The smallest absolute Gasteiger partial charge is 0.408 e. The highest BCUT2D eigenvalue weighted by molar-refractivity contribution is 6.39. The number of carbonyl (C=O) groups is 2. The lowest BCUT2D eigenvalue weighted by Gasteiger charge is -2.28. The number of piperidine rings is 1. The third-order valence-corrected chi connectivity index (χ3v) is 5.06. The Morgan fingerprint density at radius 2 is 1.83 bits per heavy atom. The number of halogens is 1. The van der Waals surface area contributed by atoms with Crippen LogP contribution in [0.5, 0.6) is 0 Å². The van der Waals surface area contributed by atoms with Gasteiger partial charge >= 0.3 is 17.6 Å². The van der Waals surface area contributed by atoms with Crippen molar-refractivity contribution in [3.05, 3.63) is 69.2 Å². The highest BCUT2D eigenvalue weighted by atomic mass is 35.5. The first-order valence-corrected chi connectivity index (χ1v) is 9.54. The van der Waals surface area contributed by atoms with Gasteiger partial charge in [-0.3, -0.25) is 14.6 Å². The summed E-state index contributed by atoms with van der Waals surface area (Å²) in [6.07, 6.45) is 3.52. The number of likely N-dealkylation sites (tertiary alicyclic amines) is 1. The number of nitrogens with one attached hydrogen (secondary N) is 2. The number of oxazole rings is 1. The van der Waals surface area contributed by atoms with Crippen molar-refractivity contribution in [3.8, 4) is 0 Å². The van der Waals surface area contributed by atoms with E-state index in [0.29, 0.717) is 47.7 Å². The number of rotatable bonds is 2. The third-order valence-electron chi connectivity index (χ3n) is 4.81. The van der Waals surface area contributed by atoms with E-state index in [-0.39, 0.29) is 0 Å². The largest absolute Gasteiger partial charge is 0.417 e. The van der Waals surface area contributed by atoms with Crippen LogP contribution in [0.2, 0.25) is 5.02 Å². The molecule has 1 aliphatic heterocycles. The molecule has 1 aliphatic rings. The molecule has 3 aromatic rings. The molecule has 2 heterocycles. The molecule has 7 nitrogen and oxygen atoms in total. The van der Waals surface area contributed by atoms with Crippen molar-refractivity contribution in [2.24, 2.45) is 0 Å². The predicted octanol–water partition coefficient (Wildman–Crippen LogP) is 3.42. The Morgan fingerprint density at radius 1 is 1.10 bits per heavy atom. The summed E-state index contributed by atoms with van der Waals surface area (Å²) in [7, 11) is 0. The fourth-order valence-electron chi connectivity index (χ4n) is 3.29.